The molecule has 0 aromatic carbocycles. The van der Waals surface area contributed by atoms with Gasteiger partial charge in [0.15, 0.2) is 0 Å². The Morgan fingerprint density at radius 3 is 2.65 bits per heavy atom. The second kappa shape index (κ2) is 8.63. The zero-order valence-corrected chi connectivity index (χ0v) is 18.9. The van der Waals surface area contributed by atoms with E-state index in [0.717, 1.165) is 42.1 Å². The maximum atomic E-state index is 12.9. The minimum absolute atomic E-state index is 0.134. The van der Waals surface area contributed by atoms with Crippen molar-refractivity contribution in [2.75, 3.05) is 24.5 Å². The highest BCUT2D eigenvalue weighted by Gasteiger charge is 2.26. The number of anilines is 1. The molecule has 0 spiro atoms. The highest BCUT2D eigenvalue weighted by molar-refractivity contribution is 5.62. The predicted octanol–water partition coefficient (Wildman–Crippen LogP) is 2.88. The summed E-state index contributed by atoms with van der Waals surface area (Å²) in [4.78, 5) is 21.9. The largest absolute Gasteiger partial charge is 0.367 e. The van der Waals surface area contributed by atoms with Gasteiger partial charge in [0, 0.05) is 60.8 Å². The normalized spacial score (nSPS) is 17.5. The molecule has 3 aromatic heterocycles. The van der Waals surface area contributed by atoms with Crippen LogP contribution in [0.4, 0.5) is 5.69 Å². The number of hydrogen-bond donors (Lipinski definition) is 0. The Kier molecular flexibility index (Phi) is 5.91. The quantitative estimate of drug-likeness (QED) is 0.625. The number of aryl methyl sites for hydroxylation is 2. The highest BCUT2D eigenvalue weighted by atomic mass is 16.5. The Balaban J connectivity index is 1.55. The van der Waals surface area contributed by atoms with E-state index in [4.69, 9.17) is 4.52 Å². The van der Waals surface area contributed by atoms with Crippen LogP contribution >= 0.6 is 0 Å². The summed E-state index contributed by atoms with van der Waals surface area (Å²) in [7, 11) is 0. The van der Waals surface area contributed by atoms with Gasteiger partial charge in [-0.2, -0.15) is 5.10 Å². The van der Waals surface area contributed by atoms with Crippen molar-refractivity contribution in [2.45, 2.75) is 53.2 Å². The van der Waals surface area contributed by atoms with Crippen molar-refractivity contribution in [1.29, 1.82) is 0 Å². The van der Waals surface area contributed by atoms with E-state index in [0.29, 0.717) is 30.1 Å². The van der Waals surface area contributed by atoms with Crippen molar-refractivity contribution in [3.8, 4) is 11.3 Å². The van der Waals surface area contributed by atoms with Gasteiger partial charge in [0.1, 0.15) is 11.5 Å². The lowest BCUT2D eigenvalue weighted by atomic mass is 10.1. The monoisotopic (exact) mass is 422 g/mol. The molecule has 4 rings (SSSR count). The fourth-order valence-corrected chi connectivity index (χ4v) is 4.25. The Bertz CT molecular complexity index is 1100. The van der Waals surface area contributed by atoms with E-state index in [9.17, 15) is 4.79 Å². The van der Waals surface area contributed by atoms with Gasteiger partial charge in [-0.3, -0.25) is 14.7 Å². The molecular formula is C23H30N6O2. The van der Waals surface area contributed by atoms with Crippen molar-refractivity contribution in [2.24, 2.45) is 0 Å². The average Bonchev–Trinajstić information content (AvgIpc) is 3.10. The molecule has 0 N–H and O–H groups in total. The minimum Gasteiger partial charge on any atom is -0.367 e. The topological polar surface area (TPSA) is 80.3 Å². The van der Waals surface area contributed by atoms with Crippen molar-refractivity contribution < 1.29 is 4.52 Å². The van der Waals surface area contributed by atoms with Crippen LogP contribution in [0.1, 0.15) is 37.8 Å². The lowest BCUT2D eigenvalue weighted by Gasteiger charge is -2.42. The zero-order valence-electron chi connectivity index (χ0n) is 18.9. The molecule has 1 aliphatic heterocycles. The maximum absolute atomic E-state index is 12.9. The average molecular weight is 423 g/mol. The van der Waals surface area contributed by atoms with Crippen molar-refractivity contribution in [3.63, 3.8) is 0 Å². The molecule has 3 aromatic rings. The van der Waals surface area contributed by atoms with Gasteiger partial charge in [0.05, 0.1) is 18.4 Å². The van der Waals surface area contributed by atoms with Crippen molar-refractivity contribution in [1.82, 2.24) is 24.8 Å². The van der Waals surface area contributed by atoms with Gasteiger partial charge in [0.25, 0.3) is 5.56 Å². The fraction of sp³-hybridized carbons (Fsp3) is 0.478. The fourth-order valence-electron chi connectivity index (χ4n) is 4.25. The van der Waals surface area contributed by atoms with E-state index in [-0.39, 0.29) is 5.56 Å². The second-order valence-corrected chi connectivity index (χ2v) is 8.59. The summed E-state index contributed by atoms with van der Waals surface area (Å²) in [5.74, 6) is 0.673. The Hall–Kier alpha value is -3.00. The van der Waals surface area contributed by atoms with Crippen LogP contribution in [-0.2, 0) is 6.54 Å². The predicted molar refractivity (Wildman–Crippen MR) is 120 cm³/mol. The number of piperazine rings is 1. The number of pyridine rings is 1. The number of rotatable bonds is 5. The van der Waals surface area contributed by atoms with Crippen LogP contribution in [-0.4, -0.2) is 56.5 Å². The van der Waals surface area contributed by atoms with E-state index in [1.165, 1.54) is 4.68 Å². The standard InChI is InChI=1S/C23H30N6O2/c1-15(2)28-9-8-27(13-17(28)4)20-10-22(30)29(25-12-20)14-21-18(5)31-26-23(21)19-7-6-16(3)24-11-19/h6-7,10-12,15,17H,8-9,13-14H2,1-5H3/t17-/m0/s1. The molecule has 0 saturated carbocycles. The molecule has 4 heterocycles. The summed E-state index contributed by atoms with van der Waals surface area (Å²) in [6.45, 7) is 13.5. The number of nitrogens with zero attached hydrogens (tertiary/aromatic N) is 6. The smallest absolute Gasteiger partial charge is 0.269 e. The Morgan fingerprint density at radius 2 is 2.00 bits per heavy atom. The first kappa shape index (κ1) is 21.2. The minimum atomic E-state index is -0.134. The molecule has 1 fully saturated rings. The van der Waals surface area contributed by atoms with Crippen molar-refractivity contribution in [3.05, 3.63) is 58.0 Å². The molecule has 1 saturated heterocycles. The number of aromatic nitrogens is 4. The summed E-state index contributed by atoms with van der Waals surface area (Å²) >= 11 is 0. The molecule has 31 heavy (non-hydrogen) atoms. The Labute approximate surface area is 182 Å². The third kappa shape index (κ3) is 4.39. The van der Waals surface area contributed by atoms with Gasteiger partial charge in [-0.1, -0.05) is 5.16 Å². The van der Waals surface area contributed by atoms with E-state index in [2.05, 4.69) is 45.8 Å². The molecule has 0 amide bonds. The molecule has 8 heteroatoms. The second-order valence-electron chi connectivity index (χ2n) is 8.59. The maximum Gasteiger partial charge on any atom is 0.269 e. The summed E-state index contributed by atoms with van der Waals surface area (Å²) in [6, 6.07) is 6.53. The number of hydrogen-bond acceptors (Lipinski definition) is 7. The van der Waals surface area contributed by atoms with Gasteiger partial charge in [0.2, 0.25) is 0 Å². The van der Waals surface area contributed by atoms with Crippen LogP contribution in [0.25, 0.3) is 11.3 Å². The van der Waals surface area contributed by atoms with Crippen LogP contribution in [0.2, 0.25) is 0 Å². The third-order valence-corrected chi connectivity index (χ3v) is 6.04. The van der Waals surface area contributed by atoms with E-state index >= 15 is 0 Å². The molecule has 0 radical (unpaired) electrons. The molecule has 8 nitrogen and oxygen atoms in total. The van der Waals surface area contributed by atoms with Crippen LogP contribution < -0.4 is 10.5 Å². The van der Waals surface area contributed by atoms with Crippen LogP contribution in [0.5, 0.6) is 0 Å². The molecule has 0 aliphatic carbocycles. The first-order chi connectivity index (χ1) is 14.8. The molecule has 0 unspecified atom stereocenters. The first-order valence-electron chi connectivity index (χ1n) is 10.8. The summed E-state index contributed by atoms with van der Waals surface area (Å²) < 4.78 is 6.88. The van der Waals surface area contributed by atoms with Gasteiger partial charge in [-0.25, -0.2) is 4.68 Å². The summed E-state index contributed by atoms with van der Waals surface area (Å²) in [5.41, 5.74) is 4.07. The van der Waals surface area contributed by atoms with Gasteiger partial charge in [-0.05, 0) is 46.8 Å². The first-order valence-corrected chi connectivity index (χ1v) is 10.8. The lowest BCUT2D eigenvalue weighted by Crippen LogP contribution is -2.54. The lowest BCUT2D eigenvalue weighted by molar-refractivity contribution is 0.148. The molecule has 0 bridgehead atoms. The van der Waals surface area contributed by atoms with Crippen LogP contribution in [0.3, 0.4) is 0 Å². The third-order valence-electron chi connectivity index (χ3n) is 6.04. The zero-order chi connectivity index (χ0) is 22.1. The molecular weight excluding hydrogens is 392 g/mol. The SMILES string of the molecule is Cc1ccc(-c2noc(C)c2Cn2ncc(N3CCN(C(C)C)[C@@H](C)C3)cc2=O)cn1. The van der Waals surface area contributed by atoms with Crippen LogP contribution in [0, 0.1) is 13.8 Å². The summed E-state index contributed by atoms with van der Waals surface area (Å²) in [6.07, 6.45) is 3.56. The molecule has 1 aliphatic rings. The van der Waals surface area contributed by atoms with Crippen LogP contribution in [0.15, 0.2) is 39.9 Å². The van der Waals surface area contributed by atoms with E-state index in [1.807, 2.05) is 26.0 Å². The van der Waals surface area contributed by atoms with E-state index in [1.54, 1.807) is 18.5 Å². The highest BCUT2D eigenvalue weighted by Crippen LogP contribution is 2.25. The van der Waals surface area contributed by atoms with Gasteiger partial charge < -0.3 is 9.42 Å². The molecule has 1 atom stereocenters. The Morgan fingerprint density at radius 1 is 1.19 bits per heavy atom. The van der Waals surface area contributed by atoms with Crippen molar-refractivity contribution >= 4 is 5.69 Å². The molecule has 164 valence electrons. The summed E-state index contributed by atoms with van der Waals surface area (Å²) in [5, 5.41) is 8.65. The van der Waals surface area contributed by atoms with Gasteiger partial charge >= 0.3 is 0 Å². The van der Waals surface area contributed by atoms with Gasteiger partial charge in [-0.15, -0.1) is 0 Å². The van der Waals surface area contributed by atoms with E-state index < -0.39 is 0 Å².